The summed E-state index contributed by atoms with van der Waals surface area (Å²) in [7, 11) is 0. The van der Waals surface area contributed by atoms with E-state index in [0.717, 1.165) is 21.8 Å². The van der Waals surface area contributed by atoms with Crippen molar-refractivity contribution in [3.05, 3.63) is 28.2 Å². The molecular formula is C9H8BrF3S. The van der Waals surface area contributed by atoms with E-state index in [1.807, 2.05) is 6.07 Å². The van der Waals surface area contributed by atoms with Gasteiger partial charge in [-0.05, 0) is 24.6 Å². The van der Waals surface area contributed by atoms with Gasteiger partial charge in [0.15, 0.2) is 0 Å². The summed E-state index contributed by atoms with van der Waals surface area (Å²) in [4.78, 5) is 0.664. The van der Waals surface area contributed by atoms with E-state index in [4.69, 9.17) is 0 Å². The van der Waals surface area contributed by atoms with Crippen molar-refractivity contribution < 1.29 is 13.2 Å². The van der Waals surface area contributed by atoms with Crippen molar-refractivity contribution in [2.24, 2.45) is 0 Å². The van der Waals surface area contributed by atoms with Crippen LogP contribution < -0.4 is 0 Å². The first-order chi connectivity index (χ1) is 6.38. The normalized spacial score (nSPS) is 11.8. The Labute approximate surface area is 93.0 Å². The molecule has 0 aliphatic rings. The molecule has 1 aromatic rings. The fraction of sp³-hybridized carbons (Fsp3) is 0.333. The van der Waals surface area contributed by atoms with E-state index in [0.29, 0.717) is 4.90 Å². The second-order valence-corrected chi connectivity index (χ2v) is 4.75. The highest BCUT2D eigenvalue weighted by molar-refractivity contribution is 9.10. The Morgan fingerprint density at radius 1 is 1.36 bits per heavy atom. The lowest BCUT2D eigenvalue weighted by Crippen LogP contribution is -2.10. The summed E-state index contributed by atoms with van der Waals surface area (Å²) < 4.78 is 36.6. The van der Waals surface area contributed by atoms with Crippen LogP contribution in [-0.4, -0.2) is 11.9 Å². The minimum Gasteiger partial charge on any atom is -0.170 e. The molecule has 78 valence electrons. The largest absolute Gasteiger partial charge is 0.398 e. The van der Waals surface area contributed by atoms with Crippen molar-refractivity contribution in [3.63, 3.8) is 0 Å². The summed E-state index contributed by atoms with van der Waals surface area (Å²) in [5.74, 6) is -0.843. The van der Waals surface area contributed by atoms with Crippen LogP contribution in [-0.2, 0) is 0 Å². The second-order valence-electron chi connectivity index (χ2n) is 2.81. The van der Waals surface area contributed by atoms with Crippen LogP contribution in [0.15, 0.2) is 27.6 Å². The van der Waals surface area contributed by atoms with Gasteiger partial charge in [0.1, 0.15) is 0 Å². The Morgan fingerprint density at radius 2 is 2.00 bits per heavy atom. The first kappa shape index (κ1) is 11.9. The van der Waals surface area contributed by atoms with Gasteiger partial charge in [-0.1, -0.05) is 22.0 Å². The number of thioether (sulfide) groups is 1. The van der Waals surface area contributed by atoms with E-state index in [-0.39, 0.29) is 0 Å². The minimum absolute atomic E-state index is 0.664. The van der Waals surface area contributed by atoms with Crippen molar-refractivity contribution in [1.82, 2.24) is 0 Å². The summed E-state index contributed by atoms with van der Waals surface area (Å²) in [6, 6.07) is 5.31. The van der Waals surface area contributed by atoms with Crippen LogP contribution in [0.2, 0.25) is 0 Å². The monoisotopic (exact) mass is 284 g/mol. The summed E-state index contributed by atoms with van der Waals surface area (Å²) in [5, 5.41) is 0. The highest BCUT2D eigenvalue weighted by Crippen LogP contribution is 2.30. The van der Waals surface area contributed by atoms with Crippen molar-refractivity contribution in [2.45, 2.75) is 18.0 Å². The van der Waals surface area contributed by atoms with Crippen molar-refractivity contribution in [3.8, 4) is 0 Å². The Bertz CT molecular complexity index is 322. The van der Waals surface area contributed by atoms with Gasteiger partial charge < -0.3 is 0 Å². The van der Waals surface area contributed by atoms with E-state index in [1.54, 1.807) is 19.1 Å². The van der Waals surface area contributed by atoms with Crippen LogP contribution >= 0.6 is 27.7 Å². The van der Waals surface area contributed by atoms with E-state index in [2.05, 4.69) is 15.9 Å². The molecule has 0 aliphatic carbocycles. The molecule has 1 rings (SSSR count). The Morgan fingerprint density at radius 3 is 2.57 bits per heavy atom. The van der Waals surface area contributed by atoms with Crippen LogP contribution in [0.1, 0.15) is 5.56 Å². The van der Waals surface area contributed by atoms with Gasteiger partial charge in [-0.3, -0.25) is 0 Å². The fourth-order valence-corrected chi connectivity index (χ4v) is 2.23. The summed E-state index contributed by atoms with van der Waals surface area (Å²) in [6.07, 6.45) is -4.11. The summed E-state index contributed by atoms with van der Waals surface area (Å²) >= 11 is 4.04. The van der Waals surface area contributed by atoms with Gasteiger partial charge in [0.2, 0.25) is 0 Å². The third-order valence-corrected chi connectivity index (χ3v) is 3.26. The lowest BCUT2D eigenvalue weighted by molar-refractivity contribution is -0.105. The number of aryl methyl sites for hydroxylation is 1. The molecule has 0 unspecified atom stereocenters. The maximum atomic E-state index is 11.9. The Hall–Kier alpha value is -0.160. The highest BCUT2D eigenvalue weighted by Gasteiger charge is 2.27. The third-order valence-electron chi connectivity index (χ3n) is 1.54. The molecule has 0 aromatic heterocycles. The van der Waals surface area contributed by atoms with Crippen molar-refractivity contribution >= 4 is 27.7 Å². The molecule has 14 heavy (non-hydrogen) atoms. The van der Waals surface area contributed by atoms with Gasteiger partial charge in [-0.25, -0.2) is 0 Å². The molecular weight excluding hydrogens is 277 g/mol. The molecule has 0 fully saturated rings. The standard InChI is InChI=1S/C9H8BrF3S/c1-6-2-3-7(10)4-8(6)14-5-9(11,12)13/h2-4H,5H2,1H3. The molecule has 0 nitrogen and oxygen atoms in total. The van der Waals surface area contributed by atoms with Gasteiger partial charge in [0.05, 0.1) is 5.75 Å². The topological polar surface area (TPSA) is 0 Å². The molecule has 0 radical (unpaired) electrons. The van der Waals surface area contributed by atoms with Crippen LogP contribution in [0.5, 0.6) is 0 Å². The second kappa shape index (κ2) is 4.57. The predicted molar refractivity (Wildman–Crippen MR) is 55.7 cm³/mol. The number of rotatable bonds is 2. The third kappa shape index (κ3) is 3.92. The quantitative estimate of drug-likeness (QED) is 0.725. The zero-order chi connectivity index (χ0) is 10.8. The molecule has 0 N–H and O–H groups in total. The average molecular weight is 285 g/mol. The van der Waals surface area contributed by atoms with E-state index >= 15 is 0 Å². The van der Waals surface area contributed by atoms with Crippen LogP contribution in [0.25, 0.3) is 0 Å². The average Bonchev–Trinajstić information content (AvgIpc) is 2.05. The first-order valence-corrected chi connectivity index (χ1v) is 5.62. The van der Waals surface area contributed by atoms with Gasteiger partial charge >= 0.3 is 6.18 Å². The number of halogens is 4. The Kier molecular flexibility index (Phi) is 3.89. The van der Waals surface area contributed by atoms with Crippen LogP contribution in [0, 0.1) is 6.92 Å². The number of hydrogen-bond donors (Lipinski definition) is 0. The number of alkyl halides is 3. The molecule has 0 amide bonds. The lowest BCUT2D eigenvalue weighted by atomic mass is 10.2. The molecule has 0 spiro atoms. The molecule has 0 aliphatic heterocycles. The zero-order valence-corrected chi connectivity index (χ0v) is 9.76. The van der Waals surface area contributed by atoms with E-state index in [9.17, 15) is 13.2 Å². The number of benzene rings is 1. The maximum Gasteiger partial charge on any atom is 0.398 e. The fourth-order valence-electron chi connectivity index (χ4n) is 0.889. The SMILES string of the molecule is Cc1ccc(Br)cc1SCC(F)(F)F. The molecule has 0 saturated heterocycles. The van der Waals surface area contributed by atoms with Gasteiger partial charge in [0.25, 0.3) is 0 Å². The molecule has 0 atom stereocenters. The number of hydrogen-bond acceptors (Lipinski definition) is 1. The molecule has 0 bridgehead atoms. The lowest BCUT2D eigenvalue weighted by Gasteiger charge is -2.08. The van der Waals surface area contributed by atoms with Gasteiger partial charge in [0, 0.05) is 9.37 Å². The zero-order valence-electron chi connectivity index (χ0n) is 7.36. The van der Waals surface area contributed by atoms with E-state index < -0.39 is 11.9 Å². The summed E-state index contributed by atoms with van der Waals surface area (Å²) in [6.45, 7) is 1.80. The highest BCUT2D eigenvalue weighted by atomic mass is 79.9. The minimum atomic E-state index is -4.11. The molecule has 0 heterocycles. The van der Waals surface area contributed by atoms with Crippen LogP contribution in [0.4, 0.5) is 13.2 Å². The van der Waals surface area contributed by atoms with Crippen LogP contribution in [0.3, 0.4) is 0 Å². The Balaban J connectivity index is 2.72. The first-order valence-electron chi connectivity index (χ1n) is 3.84. The van der Waals surface area contributed by atoms with Crippen molar-refractivity contribution in [1.29, 1.82) is 0 Å². The maximum absolute atomic E-state index is 11.9. The van der Waals surface area contributed by atoms with Crippen molar-refractivity contribution in [2.75, 3.05) is 5.75 Å². The van der Waals surface area contributed by atoms with Gasteiger partial charge in [-0.2, -0.15) is 13.2 Å². The molecule has 1 aromatic carbocycles. The summed E-state index contributed by atoms with van der Waals surface area (Å²) in [5.41, 5.74) is 0.863. The predicted octanol–water partition coefficient (Wildman–Crippen LogP) is 4.41. The molecule has 0 saturated carbocycles. The smallest absolute Gasteiger partial charge is 0.170 e. The van der Waals surface area contributed by atoms with Gasteiger partial charge in [-0.15, -0.1) is 11.8 Å². The molecule has 5 heteroatoms. The van der Waals surface area contributed by atoms with E-state index in [1.165, 1.54) is 0 Å².